The summed E-state index contributed by atoms with van der Waals surface area (Å²) in [5, 5.41) is 0. The summed E-state index contributed by atoms with van der Waals surface area (Å²) in [7, 11) is 0. The molecule has 0 saturated heterocycles. The zero-order chi connectivity index (χ0) is 18.5. The molecule has 0 fully saturated rings. The van der Waals surface area contributed by atoms with Gasteiger partial charge in [0.25, 0.3) is 0 Å². The van der Waals surface area contributed by atoms with Crippen LogP contribution in [0.1, 0.15) is 22.3 Å². The van der Waals surface area contributed by atoms with Crippen LogP contribution in [0.3, 0.4) is 0 Å². The molecular formula is C26H16Te2. The van der Waals surface area contributed by atoms with Crippen molar-refractivity contribution in [3.8, 4) is 0 Å². The summed E-state index contributed by atoms with van der Waals surface area (Å²) < 4.78 is 6.24. The summed E-state index contributed by atoms with van der Waals surface area (Å²) in [5.74, 6) is 0. The third-order valence-electron chi connectivity index (χ3n) is 5.32. The van der Waals surface area contributed by atoms with Crippen molar-refractivity contribution >= 4 is 67.4 Å². The quantitative estimate of drug-likeness (QED) is 0.242. The van der Waals surface area contributed by atoms with Gasteiger partial charge < -0.3 is 0 Å². The molecule has 4 aromatic carbocycles. The zero-order valence-corrected chi connectivity index (χ0v) is 19.7. The fraction of sp³-hybridized carbons (Fsp3) is 0. The van der Waals surface area contributed by atoms with Crippen LogP contribution in [-0.4, -0.2) is 41.8 Å². The molecule has 0 saturated carbocycles. The van der Waals surface area contributed by atoms with E-state index in [1.165, 1.54) is 33.4 Å². The number of benzene rings is 4. The van der Waals surface area contributed by atoms with Crippen molar-refractivity contribution < 1.29 is 0 Å². The average Bonchev–Trinajstić information content (AvgIpc) is 2.76. The normalized spacial score (nSPS) is 14.0. The Morgan fingerprint density at radius 1 is 0.321 bits per heavy atom. The molecule has 0 aliphatic carbocycles. The Kier molecular flexibility index (Phi) is 4.22. The Labute approximate surface area is 185 Å². The first-order valence-corrected chi connectivity index (χ1v) is 14.0. The van der Waals surface area contributed by atoms with Gasteiger partial charge in [-0.3, -0.25) is 0 Å². The topological polar surface area (TPSA) is 0 Å². The molecule has 132 valence electrons. The van der Waals surface area contributed by atoms with Gasteiger partial charge in [-0.2, -0.15) is 0 Å². The summed E-state index contributed by atoms with van der Waals surface area (Å²) in [6, 6.07) is 36.4. The van der Waals surface area contributed by atoms with Crippen molar-refractivity contribution in [2.45, 2.75) is 0 Å². The molecule has 2 aliphatic rings. The van der Waals surface area contributed by atoms with Crippen LogP contribution in [-0.2, 0) is 0 Å². The number of hydrogen-bond donors (Lipinski definition) is 0. The van der Waals surface area contributed by atoms with Gasteiger partial charge in [0.2, 0.25) is 0 Å². The average molecular weight is 584 g/mol. The second-order valence-electron chi connectivity index (χ2n) is 6.94. The van der Waals surface area contributed by atoms with Crippen molar-refractivity contribution in [3.63, 3.8) is 0 Å². The summed E-state index contributed by atoms with van der Waals surface area (Å²) in [6.45, 7) is 0. The first-order valence-electron chi connectivity index (χ1n) is 9.38. The van der Waals surface area contributed by atoms with E-state index in [2.05, 4.69) is 97.1 Å². The molecule has 4 aromatic rings. The van der Waals surface area contributed by atoms with E-state index < -0.39 is 0 Å². The molecule has 2 aliphatic heterocycles. The van der Waals surface area contributed by atoms with E-state index in [1.807, 2.05) is 0 Å². The van der Waals surface area contributed by atoms with Crippen LogP contribution in [0.4, 0.5) is 0 Å². The fourth-order valence-corrected chi connectivity index (χ4v) is 10.3. The second-order valence-corrected chi connectivity index (χ2v) is 13.1. The SMILES string of the molecule is c1ccc2c(c1)[Te]c1ccccc1C2=C1c2ccccc2[Te]c2ccccc21. The molecule has 28 heavy (non-hydrogen) atoms. The monoisotopic (exact) mass is 588 g/mol. The van der Waals surface area contributed by atoms with Crippen LogP contribution in [0.2, 0.25) is 0 Å². The van der Waals surface area contributed by atoms with Gasteiger partial charge in [-0.15, -0.1) is 0 Å². The predicted molar refractivity (Wildman–Crippen MR) is 121 cm³/mol. The van der Waals surface area contributed by atoms with Crippen LogP contribution in [0.15, 0.2) is 97.1 Å². The molecule has 0 unspecified atom stereocenters. The molecule has 6 rings (SSSR count). The molecule has 0 amide bonds. The fourth-order valence-electron chi connectivity index (χ4n) is 4.11. The minimum atomic E-state index is -0.346. The van der Waals surface area contributed by atoms with Crippen LogP contribution >= 0.6 is 0 Å². The maximum atomic E-state index is 2.35. The van der Waals surface area contributed by atoms with Gasteiger partial charge in [0.05, 0.1) is 0 Å². The second kappa shape index (κ2) is 6.91. The molecule has 2 heterocycles. The summed E-state index contributed by atoms with van der Waals surface area (Å²) >= 11 is -0.693. The van der Waals surface area contributed by atoms with Crippen molar-refractivity contribution in [2.24, 2.45) is 0 Å². The van der Waals surface area contributed by atoms with Gasteiger partial charge in [-0.1, -0.05) is 0 Å². The molecule has 0 N–H and O–H groups in total. The van der Waals surface area contributed by atoms with E-state index in [1.54, 1.807) is 14.4 Å². The van der Waals surface area contributed by atoms with Gasteiger partial charge in [0, 0.05) is 0 Å². The van der Waals surface area contributed by atoms with E-state index in [4.69, 9.17) is 0 Å². The standard InChI is InChI=1S/C26H16Te2/c1-5-13-21-17(9-1)25(18-10-2-6-14-22(18)27-21)26-19-11-3-7-15-23(19)28-24-16-8-4-12-20(24)26/h1-16H. The minimum absolute atomic E-state index is 0.346. The Hall–Kier alpha value is -1.80. The molecule has 0 nitrogen and oxygen atoms in total. The first-order chi connectivity index (χ1) is 13.9. The Morgan fingerprint density at radius 3 is 0.857 bits per heavy atom. The van der Waals surface area contributed by atoms with E-state index >= 15 is 0 Å². The van der Waals surface area contributed by atoms with Gasteiger partial charge in [0.1, 0.15) is 0 Å². The summed E-state index contributed by atoms with van der Waals surface area (Å²) in [5.41, 5.74) is 8.68. The Morgan fingerprint density at radius 2 is 0.571 bits per heavy atom. The van der Waals surface area contributed by atoms with Crippen LogP contribution in [0.25, 0.3) is 11.1 Å². The molecule has 0 atom stereocenters. The summed E-state index contributed by atoms with van der Waals surface area (Å²) in [4.78, 5) is 0. The Balaban J connectivity index is 1.80. The van der Waals surface area contributed by atoms with Crippen molar-refractivity contribution in [2.75, 3.05) is 0 Å². The van der Waals surface area contributed by atoms with E-state index in [0.717, 1.165) is 0 Å². The van der Waals surface area contributed by atoms with Gasteiger partial charge in [0.15, 0.2) is 0 Å². The number of fused-ring (bicyclic) bond motifs is 4. The van der Waals surface area contributed by atoms with Gasteiger partial charge in [-0.05, 0) is 0 Å². The van der Waals surface area contributed by atoms with E-state index in [0.29, 0.717) is 0 Å². The van der Waals surface area contributed by atoms with Crippen LogP contribution in [0, 0.1) is 0 Å². The number of hydrogen-bond acceptors (Lipinski definition) is 0. The van der Waals surface area contributed by atoms with Crippen LogP contribution < -0.4 is 14.4 Å². The van der Waals surface area contributed by atoms with Gasteiger partial charge >= 0.3 is 187 Å². The molecule has 2 heteroatoms. The van der Waals surface area contributed by atoms with E-state index in [9.17, 15) is 0 Å². The van der Waals surface area contributed by atoms with Crippen molar-refractivity contribution in [1.82, 2.24) is 0 Å². The van der Waals surface area contributed by atoms with Crippen LogP contribution in [0.5, 0.6) is 0 Å². The first kappa shape index (κ1) is 17.1. The summed E-state index contributed by atoms with van der Waals surface area (Å²) in [6.07, 6.45) is 0. The molecule has 0 spiro atoms. The van der Waals surface area contributed by atoms with Crippen molar-refractivity contribution in [1.29, 1.82) is 0 Å². The predicted octanol–water partition coefficient (Wildman–Crippen LogP) is 2.63. The Bertz CT molecular complexity index is 1070. The maximum absolute atomic E-state index is 2.35. The molecule has 0 aromatic heterocycles. The molecular weight excluding hydrogens is 567 g/mol. The number of rotatable bonds is 0. The third kappa shape index (κ3) is 2.64. The van der Waals surface area contributed by atoms with Gasteiger partial charge in [-0.25, -0.2) is 0 Å². The van der Waals surface area contributed by atoms with E-state index in [-0.39, 0.29) is 41.8 Å². The molecule has 0 radical (unpaired) electrons. The molecule has 0 bridgehead atoms. The third-order valence-corrected chi connectivity index (χ3v) is 11.9. The van der Waals surface area contributed by atoms with Crippen molar-refractivity contribution in [3.05, 3.63) is 119 Å². The zero-order valence-electron chi connectivity index (χ0n) is 15.1.